The lowest BCUT2D eigenvalue weighted by molar-refractivity contribution is -0.136. The van der Waals surface area contributed by atoms with Crippen LogP contribution in [0.15, 0.2) is 53.8 Å². The Bertz CT molecular complexity index is 1580. The SMILES string of the molecule is C[C@H]1CCCN(Cc2cc(C(F)(F)F)c3cn(-c4cccc([C@]5(c6nncn6C)C[C@@H](C)C5)c4)c(=O)n3c2)C1. The van der Waals surface area contributed by atoms with Gasteiger partial charge in [0, 0.05) is 32.5 Å². The summed E-state index contributed by atoms with van der Waals surface area (Å²) in [4.78, 5) is 15.8. The van der Waals surface area contributed by atoms with Gasteiger partial charge in [-0.1, -0.05) is 26.0 Å². The van der Waals surface area contributed by atoms with Crippen LogP contribution in [0.5, 0.6) is 0 Å². The third-order valence-corrected chi connectivity index (χ3v) is 8.49. The van der Waals surface area contributed by atoms with Crippen LogP contribution in [0.25, 0.3) is 11.2 Å². The first kappa shape index (κ1) is 25.9. The summed E-state index contributed by atoms with van der Waals surface area (Å²) < 4.78 is 47.1. The molecule has 10 heteroatoms. The Balaban J connectivity index is 1.44. The minimum absolute atomic E-state index is 0.144. The van der Waals surface area contributed by atoms with Gasteiger partial charge in [0.05, 0.1) is 22.2 Å². The molecule has 1 atom stereocenters. The molecular formula is C29H33F3N6O. The quantitative estimate of drug-likeness (QED) is 0.351. The highest BCUT2D eigenvalue weighted by atomic mass is 19.4. The van der Waals surface area contributed by atoms with Gasteiger partial charge in [-0.05, 0) is 73.4 Å². The molecule has 2 fully saturated rings. The topological polar surface area (TPSA) is 60.4 Å². The highest BCUT2D eigenvalue weighted by Gasteiger charge is 2.48. The lowest BCUT2D eigenvalue weighted by Gasteiger charge is -2.46. The average Bonchev–Trinajstić information content (AvgIpc) is 3.44. The zero-order chi connectivity index (χ0) is 27.5. The number of hydrogen-bond donors (Lipinski definition) is 0. The maximum Gasteiger partial charge on any atom is 0.418 e. The van der Waals surface area contributed by atoms with E-state index in [1.807, 2.05) is 29.8 Å². The molecule has 0 spiro atoms. The number of piperidine rings is 1. The van der Waals surface area contributed by atoms with Gasteiger partial charge in [0.2, 0.25) is 0 Å². The molecule has 206 valence electrons. The molecule has 1 aliphatic heterocycles. The van der Waals surface area contributed by atoms with E-state index < -0.39 is 17.4 Å². The molecule has 0 bridgehead atoms. The third kappa shape index (κ3) is 4.48. The van der Waals surface area contributed by atoms with Gasteiger partial charge in [0.15, 0.2) is 0 Å². The number of hydrogen-bond acceptors (Lipinski definition) is 4. The number of aromatic nitrogens is 5. The molecule has 1 aliphatic carbocycles. The van der Waals surface area contributed by atoms with Gasteiger partial charge >= 0.3 is 11.9 Å². The molecule has 0 unspecified atom stereocenters. The summed E-state index contributed by atoms with van der Waals surface area (Å²) in [7, 11) is 1.91. The fourth-order valence-corrected chi connectivity index (χ4v) is 6.78. The summed E-state index contributed by atoms with van der Waals surface area (Å²) in [5.41, 5.74) is 0.196. The largest absolute Gasteiger partial charge is 0.418 e. The molecule has 0 amide bonds. The zero-order valence-electron chi connectivity index (χ0n) is 22.4. The Morgan fingerprint density at radius 2 is 1.90 bits per heavy atom. The van der Waals surface area contributed by atoms with Crippen molar-refractivity contribution in [1.29, 1.82) is 0 Å². The van der Waals surface area contributed by atoms with Crippen LogP contribution in [0.2, 0.25) is 0 Å². The minimum Gasteiger partial charge on any atom is -0.320 e. The van der Waals surface area contributed by atoms with Crippen molar-refractivity contribution in [2.24, 2.45) is 18.9 Å². The van der Waals surface area contributed by atoms with Gasteiger partial charge in [0.1, 0.15) is 12.2 Å². The van der Waals surface area contributed by atoms with Gasteiger partial charge in [0.25, 0.3) is 0 Å². The summed E-state index contributed by atoms with van der Waals surface area (Å²) in [6.07, 6.45) is 3.89. The Labute approximate surface area is 224 Å². The highest BCUT2D eigenvalue weighted by molar-refractivity contribution is 5.58. The van der Waals surface area contributed by atoms with Gasteiger partial charge in [-0.15, -0.1) is 10.2 Å². The first-order valence-electron chi connectivity index (χ1n) is 13.6. The molecule has 1 saturated carbocycles. The number of nitrogens with zero attached hydrogens (tertiary/aromatic N) is 6. The smallest absolute Gasteiger partial charge is 0.320 e. The molecular weight excluding hydrogens is 505 g/mol. The molecule has 4 heterocycles. The number of benzene rings is 1. The van der Waals surface area contributed by atoms with Crippen LogP contribution in [0.1, 0.15) is 62.0 Å². The van der Waals surface area contributed by atoms with E-state index in [0.717, 1.165) is 54.6 Å². The molecule has 4 aromatic rings. The van der Waals surface area contributed by atoms with Gasteiger partial charge in [-0.3, -0.25) is 13.9 Å². The number of likely N-dealkylation sites (tertiary alicyclic amines) is 1. The average molecular weight is 539 g/mol. The highest BCUT2D eigenvalue weighted by Crippen LogP contribution is 2.51. The van der Waals surface area contributed by atoms with Crippen LogP contribution in [0.4, 0.5) is 13.2 Å². The van der Waals surface area contributed by atoms with Crippen molar-refractivity contribution < 1.29 is 13.2 Å². The van der Waals surface area contributed by atoms with Gasteiger partial charge < -0.3 is 4.57 Å². The number of pyridine rings is 1. The van der Waals surface area contributed by atoms with E-state index in [2.05, 4.69) is 28.9 Å². The monoisotopic (exact) mass is 538 g/mol. The molecule has 0 radical (unpaired) electrons. The number of imidazole rings is 1. The van der Waals surface area contributed by atoms with Crippen molar-refractivity contribution in [3.05, 3.63) is 82.1 Å². The summed E-state index contributed by atoms with van der Waals surface area (Å²) >= 11 is 0. The number of fused-ring (bicyclic) bond motifs is 1. The first-order chi connectivity index (χ1) is 18.5. The maximum absolute atomic E-state index is 14.2. The number of rotatable bonds is 5. The van der Waals surface area contributed by atoms with Crippen molar-refractivity contribution in [2.45, 2.75) is 57.7 Å². The summed E-state index contributed by atoms with van der Waals surface area (Å²) in [5, 5.41) is 8.46. The fourth-order valence-electron chi connectivity index (χ4n) is 6.78. The van der Waals surface area contributed by atoms with Gasteiger partial charge in [-0.2, -0.15) is 13.2 Å². The van der Waals surface area contributed by atoms with Crippen LogP contribution in [-0.2, 0) is 25.2 Å². The zero-order valence-corrected chi connectivity index (χ0v) is 22.4. The Hall–Kier alpha value is -3.40. The van der Waals surface area contributed by atoms with Crippen LogP contribution >= 0.6 is 0 Å². The second kappa shape index (κ2) is 9.36. The van der Waals surface area contributed by atoms with Crippen LogP contribution in [0.3, 0.4) is 0 Å². The van der Waals surface area contributed by atoms with E-state index in [1.165, 1.54) is 16.8 Å². The predicted octanol–water partition coefficient (Wildman–Crippen LogP) is 5.19. The minimum atomic E-state index is -4.59. The van der Waals surface area contributed by atoms with E-state index in [-0.39, 0.29) is 10.9 Å². The molecule has 0 N–H and O–H groups in total. The number of halogens is 3. The van der Waals surface area contributed by atoms with Crippen molar-refractivity contribution >= 4 is 5.52 Å². The van der Waals surface area contributed by atoms with E-state index in [4.69, 9.17) is 0 Å². The fraction of sp³-hybridized carbons (Fsp3) is 0.483. The van der Waals surface area contributed by atoms with Crippen molar-refractivity contribution in [3.63, 3.8) is 0 Å². The molecule has 6 rings (SSSR count). The Morgan fingerprint density at radius 1 is 1.10 bits per heavy atom. The second-order valence-electron chi connectivity index (χ2n) is 11.7. The second-order valence-corrected chi connectivity index (χ2v) is 11.7. The van der Waals surface area contributed by atoms with Crippen molar-refractivity contribution in [1.82, 2.24) is 28.6 Å². The Kier molecular flexibility index (Phi) is 6.21. The van der Waals surface area contributed by atoms with E-state index in [1.54, 1.807) is 18.6 Å². The molecule has 2 aliphatic rings. The Morgan fingerprint density at radius 3 is 2.56 bits per heavy atom. The normalized spacial score (nSPS) is 24.3. The molecule has 1 saturated heterocycles. The van der Waals surface area contributed by atoms with Gasteiger partial charge in [-0.25, -0.2) is 4.79 Å². The summed E-state index contributed by atoms with van der Waals surface area (Å²) in [5.74, 6) is 1.85. The lowest BCUT2D eigenvalue weighted by Crippen LogP contribution is -2.43. The van der Waals surface area contributed by atoms with Crippen molar-refractivity contribution in [2.75, 3.05) is 13.1 Å². The van der Waals surface area contributed by atoms with Crippen molar-refractivity contribution in [3.8, 4) is 5.69 Å². The van der Waals surface area contributed by atoms with Crippen LogP contribution in [0, 0.1) is 11.8 Å². The van der Waals surface area contributed by atoms with E-state index in [0.29, 0.717) is 29.6 Å². The molecule has 3 aromatic heterocycles. The standard InChI is InChI=1S/C29H33F3N6O/c1-19-6-5-9-36(14-19)15-21-10-24(29(30,31)32)25-17-37(27(39)38(25)16-21)23-8-4-7-22(11-23)28(12-20(2)13-28)26-34-33-18-35(26)3/h4,7-8,10-11,16-20H,5-6,9,12-15H2,1-3H3/t19-,20-,28+/m0/s1. The first-order valence-corrected chi connectivity index (χ1v) is 13.6. The van der Waals surface area contributed by atoms with Crippen LogP contribution in [-0.4, -0.2) is 41.7 Å². The molecule has 7 nitrogen and oxygen atoms in total. The number of alkyl halides is 3. The van der Waals surface area contributed by atoms with Crippen LogP contribution < -0.4 is 5.69 Å². The maximum atomic E-state index is 14.2. The predicted molar refractivity (Wildman–Crippen MR) is 142 cm³/mol. The molecule has 39 heavy (non-hydrogen) atoms. The third-order valence-electron chi connectivity index (χ3n) is 8.49. The number of aryl methyl sites for hydroxylation is 1. The summed E-state index contributed by atoms with van der Waals surface area (Å²) in [6, 6.07) is 8.73. The lowest BCUT2D eigenvalue weighted by atomic mass is 9.58. The van der Waals surface area contributed by atoms with E-state index >= 15 is 0 Å². The molecule has 1 aromatic carbocycles. The van der Waals surface area contributed by atoms with E-state index in [9.17, 15) is 18.0 Å². The summed E-state index contributed by atoms with van der Waals surface area (Å²) in [6.45, 7) is 6.42.